The lowest BCUT2D eigenvalue weighted by Gasteiger charge is -2.15. The molecule has 2 heterocycles. The number of aromatic nitrogens is 4. The van der Waals surface area contributed by atoms with Gasteiger partial charge in [-0.3, -0.25) is 24.2 Å². The molecule has 0 fully saturated rings. The number of aliphatic carboxylic acids is 1. The molecule has 2 N–H and O–H groups in total. The highest BCUT2D eigenvalue weighted by Gasteiger charge is 2.38. The Labute approximate surface area is 226 Å². The van der Waals surface area contributed by atoms with E-state index < -0.39 is 23.8 Å². The molecule has 0 spiro atoms. The number of rotatable bonds is 9. The molecule has 3 rings (SSSR count). The van der Waals surface area contributed by atoms with Crippen LogP contribution in [0.25, 0.3) is 0 Å². The Hall–Kier alpha value is -3.50. The van der Waals surface area contributed by atoms with Crippen LogP contribution in [-0.2, 0) is 24.5 Å². The van der Waals surface area contributed by atoms with Crippen molar-refractivity contribution in [3.8, 4) is 5.88 Å². The van der Waals surface area contributed by atoms with Crippen molar-refractivity contribution in [2.75, 3.05) is 20.2 Å². The number of likely N-dealkylation sites (N-methyl/N-ethyl adjacent to an activating group) is 1. The van der Waals surface area contributed by atoms with Gasteiger partial charge in [0, 0.05) is 24.7 Å². The Morgan fingerprint density at radius 3 is 2.33 bits per heavy atom. The summed E-state index contributed by atoms with van der Waals surface area (Å²) < 4.78 is 65.6. The average Bonchev–Trinajstić information content (AvgIpc) is 2.85. The lowest BCUT2D eigenvalue weighted by atomic mass is 10.2. The van der Waals surface area contributed by atoms with Gasteiger partial charge in [-0.2, -0.15) is 18.2 Å². The second kappa shape index (κ2) is 14.0. The molecule has 0 radical (unpaired) electrons. The van der Waals surface area contributed by atoms with E-state index in [2.05, 4.69) is 30.9 Å². The van der Waals surface area contributed by atoms with Crippen LogP contribution in [-0.4, -0.2) is 67.0 Å². The number of aliphatic hydroxyl groups is 1. The van der Waals surface area contributed by atoms with Gasteiger partial charge in [-0.05, 0) is 42.0 Å². The molecule has 0 atom stereocenters. The minimum atomic E-state index is -5.08. The van der Waals surface area contributed by atoms with Gasteiger partial charge in [0.25, 0.3) is 5.56 Å². The van der Waals surface area contributed by atoms with Crippen molar-refractivity contribution >= 4 is 21.9 Å². The van der Waals surface area contributed by atoms with Crippen LogP contribution >= 0.6 is 15.9 Å². The lowest BCUT2D eigenvalue weighted by Crippen LogP contribution is -2.26. The molecule has 212 valence electrons. The zero-order chi connectivity index (χ0) is 29.3. The zero-order valence-corrected chi connectivity index (χ0v) is 22.1. The van der Waals surface area contributed by atoms with E-state index in [4.69, 9.17) is 19.7 Å². The zero-order valence-electron chi connectivity index (χ0n) is 20.5. The highest BCUT2D eigenvalue weighted by molar-refractivity contribution is 9.10. The number of alkyl halides is 3. The van der Waals surface area contributed by atoms with E-state index in [1.807, 2.05) is 11.9 Å². The Morgan fingerprint density at radius 1 is 1.18 bits per heavy atom. The SMILES string of the molecule is Cc1nc(OCc2ccc(F)cc2F)c(Br)c(=O)n1Cc1cnc(CN(C)CCO)cn1.O=C(O)C(F)(F)F. The van der Waals surface area contributed by atoms with Crippen molar-refractivity contribution in [1.82, 2.24) is 24.4 Å². The largest absolute Gasteiger partial charge is 0.490 e. The highest BCUT2D eigenvalue weighted by Crippen LogP contribution is 2.21. The number of aliphatic hydroxyl groups excluding tert-OH is 1. The number of carbonyl (C=O) groups is 1. The van der Waals surface area contributed by atoms with E-state index in [1.165, 1.54) is 10.6 Å². The second-order valence-corrected chi connectivity index (χ2v) is 8.75. The van der Waals surface area contributed by atoms with E-state index in [1.54, 1.807) is 19.3 Å². The average molecular weight is 624 g/mol. The van der Waals surface area contributed by atoms with Gasteiger partial charge in [0.05, 0.1) is 36.9 Å². The van der Waals surface area contributed by atoms with Crippen LogP contribution in [0.4, 0.5) is 22.0 Å². The summed E-state index contributed by atoms with van der Waals surface area (Å²) in [6.45, 7) is 2.72. The summed E-state index contributed by atoms with van der Waals surface area (Å²) in [4.78, 5) is 36.6. The molecular formula is C23H23BrF5N5O5. The second-order valence-electron chi connectivity index (χ2n) is 7.96. The van der Waals surface area contributed by atoms with Gasteiger partial charge in [-0.1, -0.05) is 0 Å². The molecule has 0 aliphatic heterocycles. The highest BCUT2D eigenvalue weighted by atomic mass is 79.9. The van der Waals surface area contributed by atoms with Gasteiger partial charge in [0.1, 0.15) is 28.5 Å². The quantitative estimate of drug-likeness (QED) is 0.345. The molecule has 0 amide bonds. The normalized spacial score (nSPS) is 11.2. The number of aryl methyl sites for hydroxylation is 1. The molecule has 2 aromatic heterocycles. The van der Waals surface area contributed by atoms with Crippen LogP contribution in [0.1, 0.15) is 22.8 Å². The van der Waals surface area contributed by atoms with Crippen LogP contribution in [0, 0.1) is 18.6 Å². The van der Waals surface area contributed by atoms with Crippen LogP contribution in [0.15, 0.2) is 39.9 Å². The molecule has 0 saturated carbocycles. The number of carboxylic acid groups (broad SMARTS) is 1. The molecule has 3 aromatic rings. The molecule has 10 nitrogen and oxygen atoms in total. The number of ether oxygens (including phenoxy) is 1. The van der Waals surface area contributed by atoms with E-state index in [0.29, 0.717) is 24.6 Å². The van der Waals surface area contributed by atoms with Gasteiger partial charge >= 0.3 is 12.1 Å². The molecule has 0 bridgehead atoms. The lowest BCUT2D eigenvalue weighted by molar-refractivity contribution is -0.192. The van der Waals surface area contributed by atoms with Crippen LogP contribution in [0.5, 0.6) is 5.88 Å². The summed E-state index contributed by atoms with van der Waals surface area (Å²) >= 11 is 3.20. The maximum Gasteiger partial charge on any atom is 0.490 e. The predicted octanol–water partition coefficient (Wildman–Crippen LogP) is 3.07. The van der Waals surface area contributed by atoms with Crippen LogP contribution in [0.2, 0.25) is 0 Å². The van der Waals surface area contributed by atoms with Gasteiger partial charge in [0.2, 0.25) is 5.88 Å². The Balaban J connectivity index is 0.000000673. The molecule has 0 unspecified atom stereocenters. The maximum absolute atomic E-state index is 13.8. The number of carboxylic acids is 1. The third-order valence-electron chi connectivity index (χ3n) is 4.89. The van der Waals surface area contributed by atoms with Crippen molar-refractivity contribution in [1.29, 1.82) is 0 Å². The molecular weight excluding hydrogens is 601 g/mol. The first-order valence-electron chi connectivity index (χ1n) is 11.0. The third-order valence-corrected chi connectivity index (χ3v) is 5.57. The van der Waals surface area contributed by atoms with Crippen molar-refractivity contribution in [2.45, 2.75) is 32.8 Å². The van der Waals surface area contributed by atoms with Gasteiger partial charge in [-0.25, -0.2) is 13.6 Å². The Kier molecular flexibility index (Phi) is 11.4. The molecule has 39 heavy (non-hydrogen) atoms. The predicted molar refractivity (Wildman–Crippen MR) is 130 cm³/mol. The van der Waals surface area contributed by atoms with Crippen molar-refractivity contribution < 1.29 is 41.7 Å². The summed E-state index contributed by atoms with van der Waals surface area (Å²) in [5.74, 6) is -3.79. The first kappa shape index (κ1) is 31.7. The minimum absolute atomic E-state index is 0.0147. The number of hydrogen-bond acceptors (Lipinski definition) is 8. The standard InChI is InChI=1S/C21H22BrF2N5O3.C2HF3O2/c1-13-27-20(32-12-14-3-4-15(23)7-18(14)24)19(22)21(31)29(13)11-17-9-25-16(8-26-17)10-28(2)5-6-30;3-2(4,5)1(6)7/h3-4,7-9,30H,5-6,10-12H2,1-2H3;(H,6,7). The number of halogens is 6. The van der Waals surface area contributed by atoms with E-state index in [9.17, 15) is 26.7 Å². The minimum Gasteiger partial charge on any atom is -0.475 e. The fourth-order valence-corrected chi connectivity index (χ4v) is 3.33. The third kappa shape index (κ3) is 9.63. The van der Waals surface area contributed by atoms with Crippen LogP contribution < -0.4 is 10.3 Å². The first-order valence-corrected chi connectivity index (χ1v) is 11.7. The summed E-state index contributed by atoms with van der Waals surface area (Å²) in [7, 11) is 1.87. The van der Waals surface area contributed by atoms with Crippen molar-refractivity contribution in [3.05, 3.63) is 79.8 Å². The topological polar surface area (TPSA) is 131 Å². The monoisotopic (exact) mass is 623 g/mol. The van der Waals surface area contributed by atoms with Gasteiger partial charge in [0.15, 0.2) is 0 Å². The van der Waals surface area contributed by atoms with E-state index in [-0.39, 0.29) is 41.2 Å². The molecule has 0 aliphatic carbocycles. The summed E-state index contributed by atoms with van der Waals surface area (Å²) in [6, 6.07) is 3.17. The maximum atomic E-state index is 13.8. The van der Waals surface area contributed by atoms with E-state index >= 15 is 0 Å². The van der Waals surface area contributed by atoms with Crippen LogP contribution in [0.3, 0.4) is 0 Å². The summed E-state index contributed by atoms with van der Waals surface area (Å²) in [5, 5.41) is 16.1. The van der Waals surface area contributed by atoms with E-state index in [0.717, 1.165) is 17.8 Å². The summed E-state index contributed by atoms with van der Waals surface area (Å²) in [5.41, 5.74) is 1.06. The molecule has 0 aliphatic rings. The molecule has 16 heteroatoms. The smallest absolute Gasteiger partial charge is 0.475 e. The Bertz CT molecular complexity index is 1340. The fourth-order valence-electron chi connectivity index (χ4n) is 2.91. The first-order chi connectivity index (χ1) is 18.2. The number of nitrogens with zero attached hydrogens (tertiary/aromatic N) is 5. The fraction of sp³-hybridized carbons (Fsp3) is 0.348. The summed E-state index contributed by atoms with van der Waals surface area (Å²) in [6.07, 6.45) is -1.87. The number of benzene rings is 1. The van der Waals surface area contributed by atoms with Gasteiger partial charge < -0.3 is 14.9 Å². The van der Waals surface area contributed by atoms with Gasteiger partial charge in [-0.15, -0.1) is 0 Å². The molecule has 1 aromatic carbocycles. The van der Waals surface area contributed by atoms with Crippen molar-refractivity contribution in [2.24, 2.45) is 0 Å². The Morgan fingerprint density at radius 2 is 1.79 bits per heavy atom. The number of hydrogen-bond donors (Lipinski definition) is 2. The van der Waals surface area contributed by atoms with Crippen molar-refractivity contribution in [3.63, 3.8) is 0 Å². The molecule has 0 saturated heterocycles.